The van der Waals surface area contributed by atoms with E-state index in [1.54, 1.807) is 4.68 Å². The van der Waals surface area contributed by atoms with Crippen LogP contribution in [-0.2, 0) is 0 Å². The number of benzene rings is 1. The standard InChI is InChI=1S/C11H9ClN4S/c1-6-9-10(14-11(17)13-9)16(15-6)8-4-2-3-7(12)5-8/h2-5H,1H3,(H2,13,14,17). The summed E-state index contributed by atoms with van der Waals surface area (Å²) in [6.07, 6.45) is 0. The van der Waals surface area contributed by atoms with Crippen LogP contribution in [0, 0.1) is 11.7 Å². The van der Waals surface area contributed by atoms with Gasteiger partial charge >= 0.3 is 0 Å². The number of nitrogens with one attached hydrogen (secondary N) is 2. The molecule has 0 aliphatic heterocycles. The molecular weight excluding hydrogens is 256 g/mol. The molecule has 3 aromatic rings. The van der Waals surface area contributed by atoms with Gasteiger partial charge in [0.2, 0.25) is 0 Å². The van der Waals surface area contributed by atoms with Crippen LogP contribution in [0.2, 0.25) is 5.02 Å². The number of fused-ring (bicyclic) bond motifs is 1. The number of imidazole rings is 1. The van der Waals surface area contributed by atoms with E-state index in [0.717, 1.165) is 22.5 Å². The second-order valence-electron chi connectivity index (χ2n) is 3.78. The summed E-state index contributed by atoms with van der Waals surface area (Å²) < 4.78 is 2.39. The van der Waals surface area contributed by atoms with Gasteiger partial charge in [0, 0.05) is 5.02 Å². The molecule has 2 heterocycles. The van der Waals surface area contributed by atoms with E-state index in [9.17, 15) is 0 Å². The molecule has 4 nitrogen and oxygen atoms in total. The van der Waals surface area contributed by atoms with E-state index < -0.39 is 0 Å². The minimum absolute atomic E-state index is 0.594. The quantitative estimate of drug-likeness (QED) is 0.662. The van der Waals surface area contributed by atoms with Crippen molar-refractivity contribution in [2.75, 3.05) is 0 Å². The molecule has 17 heavy (non-hydrogen) atoms. The lowest BCUT2D eigenvalue weighted by Crippen LogP contribution is -1.96. The average Bonchev–Trinajstić information content (AvgIpc) is 2.79. The second kappa shape index (κ2) is 3.72. The number of aromatic nitrogens is 4. The molecular formula is C11H9ClN4S. The lowest BCUT2D eigenvalue weighted by atomic mass is 10.3. The van der Waals surface area contributed by atoms with Crippen molar-refractivity contribution in [1.82, 2.24) is 19.7 Å². The summed E-state index contributed by atoms with van der Waals surface area (Å²) in [6.45, 7) is 1.93. The van der Waals surface area contributed by atoms with Gasteiger partial charge < -0.3 is 9.97 Å². The summed E-state index contributed by atoms with van der Waals surface area (Å²) in [4.78, 5) is 6.16. The third-order valence-corrected chi connectivity index (χ3v) is 3.02. The van der Waals surface area contributed by atoms with Crippen LogP contribution in [0.1, 0.15) is 5.69 Å². The molecule has 0 saturated carbocycles. The highest BCUT2D eigenvalue weighted by molar-refractivity contribution is 7.71. The van der Waals surface area contributed by atoms with Gasteiger partial charge in [0.05, 0.1) is 11.4 Å². The number of nitrogens with zero attached hydrogens (tertiary/aromatic N) is 2. The maximum Gasteiger partial charge on any atom is 0.176 e. The predicted molar refractivity (Wildman–Crippen MR) is 70.4 cm³/mol. The first-order valence-electron chi connectivity index (χ1n) is 5.09. The fraction of sp³-hybridized carbons (Fsp3) is 0.0909. The third-order valence-electron chi connectivity index (χ3n) is 2.58. The summed E-state index contributed by atoms with van der Waals surface area (Å²) >= 11 is 11.1. The zero-order chi connectivity index (χ0) is 12.0. The second-order valence-corrected chi connectivity index (χ2v) is 4.62. The zero-order valence-electron chi connectivity index (χ0n) is 8.99. The molecule has 86 valence electrons. The van der Waals surface area contributed by atoms with E-state index >= 15 is 0 Å². The molecule has 3 rings (SSSR count). The van der Waals surface area contributed by atoms with Crippen molar-refractivity contribution in [3.8, 4) is 5.69 Å². The van der Waals surface area contributed by atoms with E-state index in [1.165, 1.54) is 0 Å². The van der Waals surface area contributed by atoms with Crippen molar-refractivity contribution in [3.05, 3.63) is 39.8 Å². The highest BCUT2D eigenvalue weighted by atomic mass is 35.5. The normalized spacial score (nSPS) is 11.2. The Balaban J connectivity index is 2.33. The van der Waals surface area contributed by atoms with Crippen molar-refractivity contribution in [1.29, 1.82) is 0 Å². The van der Waals surface area contributed by atoms with Gasteiger partial charge in [-0.2, -0.15) is 5.10 Å². The van der Waals surface area contributed by atoms with Gasteiger partial charge in [-0.25, -0.2) is 4.68 Å². The minimum Gasteiger partial charge on any atom is -0.328 e. The number of rotatable bonds is 1. The van der Waals surface area contributed by atoms with Crippen LogP contribution in [0.15, 0.2) is 24.3 Å². The Labute approximate surface area is 107 Å². The lowest BCUT2D eigenvalue weighted by Gasteiger charge is -2.01. The van der Waals surface area contributed by atoms with Crippen molar-refractivity contribution >= 4 is 35.0 Å². The van der Waals surface area contributed by atoms with E-state index in [1.807, 2.05) is 31.2 Å². The van der Waals surface area contributed by atoms with Crippen LogP contribution in [0.25, 0.3) is 16.9 Å². The molecule has 0 radical (unpaired) electrons. The van der Waals surface area contributed by atoms with Crippen molar-refractivity contribution < 1.29 is 0 Å². The fourth-order valence-corrected chi connectivity index (χ4v) is 2.22. The molecule has 0 aliphatic carbocycles. The Morgan fingerprint density at radius 3 is 2.94 bits per heavy atom. The molecule has 1 aromatic carbocycles. The lowest BCUT2D eigenvalue weighted by molar-refractivity contribution is 0.874. The first-order chi connectivity index (χ1) is 8.15. The average molecular weight is 265 g/mol. The van der Waals surface area contributed by atoms with Crippen molar-refractivity contribution in [2.45, 2.75) is 6.92 Å². The van der Waals surface area contributed by atoms with Crippen molar-refractivity contribution in [2.24, 2.45) is 0 Å². The van der Waals surface area contributed by atoms with Gasteiger partial charge in [-0.15, -0.1) is 0 Å². The molecule has 0 saturated heterocycles. The predicted octanol–water partition coefficient (Wildman–Crippen LogP) is 3.37. The van der Waals surface area contributed by atoms with E-state index in [-0.39, 0.29) is 0 Å². The maximum absolute atomic E-state index is 5.98. The van der Waals surface area contributed by atoms with Gasteiger partial charge in [-0.3, -0.25) is 0 Å². The number of halogens is 1. The molecule has 0 atom stereocenters. The van der Waals surface area contributed by atoms with Crippen molar-refractivity contribution in [3.63, 3.8) is 0 Å². The van der Waals surface area contributed by atoms with Crippen LogP contribution in [0.3, 0.4) is 0 Å². The number of aryl methyl sites for hydroxylation is 1. The van der Waals surface area contributed by atoms with Gasteiger partial charge in [0.25, 0.3) is 0 Å². The Morgan fingerprint density at radius 1 is 1.35 bits per heavy atom. The largest absolute Gasteiger partial charge is 0.328 e. The first kappa shape index (κ1) is 10.6. The molecule has 0 bridgehead atoms. The monoisotopic (exact) mass is 264 g/mol. The molecule has 0 unspecified atom stereocenters. The Morgan fingerprint density at radius 2 is 2.18 bits per heavy atom. The molecule has 0 amide bonds. The number of hydrogen-bond acceptors (Lipinski definition) is 2. The van der Waals surface area contributed by atoms with Crippen LogP contribution in [0.5, 0.6) is 0 Å². The summed E-state index contributed by atoms with van der Waals surface area (Å²) in [7, 11) is 0. The summed E-state index contributed by atoms with van der Waals surface area (Å²) in [5.41, 5.74) is 3.58. The molecule has 2 aromatic heterocycles. The van der Waals surface area contributed by atoms with Gasteiger partial charge in [-0.1, -0.05) is 17.7 Å². The smallest absolute Gasteiger partial charge is 0.176 e. The molecule has 0 aliphatic rings. The molecule has 0 fully saturated rings. The van der Waals surface area contributed by atoms with E-state index in [0.29, 0.717) is 9.79 Å². The van der Waals surface area contributed by atoms with Gasteiger partial charge in [0.15, 0.2) is 10.4 Å². The SMILES string of the molecule is Cc1nn(-c2cccc(Cl)c2)c2[nH]c(=S)[nH]c12. The highest BCUT2D eigenvalue weighted by Crippen LogP contribution is 2.20. The Bertz CT molecular complexity index is 752. The van der Waals surface area contributed by atoms with E-state index in [4.69, 9.17) is 23.8 Å². The zero-order valence-corrected chi connectivity index (χ0v) is 10.6. The maximum atomic E-state index is 5.98. The number of aromatic amines is 2. The molecule has 6 heteroatoms. The summed E-state index contributed by atoms with van der Waals surface area (Å²) in [5, 5.41) is 5.13. The highest BCUT2D eigenvalue weighted by Gasteiger charge is 2.11. The number of hydrogen-bond donors (Lipinski definition) is 2. The number of H-pyrrole nitrogens is 2. The molecule has 2 N–H and O–H groups in total. The van der Waals surface area contributed by atoms with Gasteiger partial charge in [-0.05, 0) is 37.3 Å². The van der Waals surface area contributed by atoms with Crippen LogP contribution in [0.4, 0.5) is 0 Å². The topological polar surface area (TPSA) is 49.4 Å². The minimum atomic E-state index is 0.594. The molecule has 0 spiro atoms. The summed E-state index contributed by atoms with van der Waals surface area (Å²) in [5.74, 6) is 0. The van der Waals surface area contributed by atoms with Crippen LogP contribution in [-0.4, -0.2) is 19.7 Å². The third kappa shape index (κ3) is 1.67. The van der Waals surface area contributed by atoms with Gasteiger partial charge in [0.1, 0.15) is 5.52 Å². The van der Waals surface area contributed by atoms with Crippen LogP contribution < -0.4 is 0 Å². The first-order valence-corrected chi connectivity index (χ1v) is 5.87. The summed E-state index contributed by atoms with van der Waals surface area (Å²) in [6, 6.07) is 7.53. The fourth-order valence-electron chi connectivity index (χ4n) is 1.84. The Kier molecular flexibility index (Phi) is 2.31. The van der Waals surface area contributed by atoms with E-state index in [2.05, 4.69) is 15.1 Å². The Hall–Kier alpha value is -1.59. The van der Waals surface area contributed by atoms with Crippen LogP contribution >= 0.6 is 23.8 Å².